The maximum Gasteiger partial charge on any atom is 0.303 e. The number of esters is 1. The van der Waals surface area contributed by atoms with Crippen molar-refractivity contribution in [1.82, 2.24) is 31.5 Å². The van der Waals surface area contributed by atoms with Gasteiger partial charge in [-0.05, 0) is 48.4 Å². The minimum atomic E-state index is -1.32. The van der Waals surface area contributed by atoms with Gasteiger partial charge in [0.1, 0.15) is 30.2 Å². The number of amides is 5. The van der Waals surface area contributed by atoms with Gasteiger partial charge in [-0.25, -0.2) is 0 Å². The highest BCUT2D eigenvalue weighted by Crippen LogP contribution is 2.39. The van der Waals surface area contributed by atoms with E-state index in [1.165, 1.54) is 58.1 Å². The summed E-state index contributed by atoms with van der Waals surface area (Å²) in [4.78, 5) is 91.1. The molecule has 1 heterocycles. The summed E-state index contributed by atoms with van der Waals surface area (Å²) in [7, 11) is 1.40. The van der Waals surface area contributed by atoms with Gasteiger partial charge in [0.2, 0.25) is 29.5 Å². The Morgan fingerprint density at radius 2 is 1.55 bits per heavy atom. The lowest BCUT2D eigenvalue weighted by molar-refractivity contribution is -0.145. The Hall–Kier alpha value is -5.55. The van der Waals surface area contributed by atoms with Gasteiger partial charge >= 0.3 is 5.97 Å². The van der Waals surface area contributed by atoms with Crippen molar-refractivity contribution in [2.24, 2.45) is 5.73 Å². The number of hydrogen-bond donors (Lipinski definition) is 7. The van der Waals surface area contributed by atoms with E-state index in [9.17, 15) is 38.7 Å². The number of ether oxygens (including phenoxy) is 2. The van der Waals surface area contributed by atoms with Crippen molar-refractivity contribution in [3.63, 3.8) is 0 Å². The maximum absolute atomic E-state index is 13.9. The molecule has 2 unspecified atom stereocenters. The smallest absolute Gasteiger partial charge is 0.303 e. The van der Waals surface area contributed by atoms with E-state index in [2.05, 4.69) is 52.1 Å². The summed E-state index contributed by atoms with van der Waals surface area (Å²) >= 11 is 0. The summed E-state index contributed by atoms with van der Waals surface area (Å²) < 4.78 is 10.6. The van der Waals surface area contributed by atoms with Crippen LogP contribution in [0.1, 0.15) is 123 Å². The Morgan fingerprint density at radius 3 is 2.20 bits per heavy atom. The zero-order valence-corrected chi connectivity index (χ0v) is 39.2. The van der Waals surface area contributed by atoms with Gasteiger partial charge in [0.25, 0.3) is 0 Å². The maximum atomic E-state index is 13.9. The molecule has 5 amide bonds. The molecular formula is C47H75N7O10. The topological polar surface area (TPSA) is 248 Å². The Bertz CT molecular complexity index is 1770. The van der Waals surface area contributed by atoms with Crippen LogP contribution in [0.15, 0.2) is 36.4 Å². The van der Waals surface area contributed by atoms with E-state index in [1.807, 2.05) is 13.8 Å². The standard InChI is InChI=1S/C42H61N7O10.C3H8.C2H6/c1-4-5-6-7-8-9-10-11-18-44-19-16-37(53)45-26-39(55)49(3)40-30-13-15-36(58-20-17-43)33(23-30)32-21-29(12-14-35(32)52)22-34(48-38(54)25-47-42(40)57)41(56)46-24-31(51)27-59-28(2)50;1-3-2;1-2/h12-15,21,23,34,40,44,52H,4-11,16-20,22,24-27,43H2,1-3H3,(H,45,53)(H,46,56)(H,47,57)(H,48,54);3H2,1-2H3;1-2H3. The van der Waals surface area contributed by atoms with Crippen LogP contribution in [-0.4, -0.2) is 117 Å². The molecule has 3 rings (SSSR count). The van der Waals surface area contributed by atoms with Crippen molar-refractivity contribution >= 4 is 41.3 Å². The molecule has 8 N–H and O–H groups in total. The predicted molar refractivity (Wildman–Crippen MR) is 247 cm³/mol. The van der Waals surface area contributed by atoms with Crippen LogP contribution in [0.25, 0.3) is 11.1 Å². The molecule has 2 atom stereocenters. The fraction of sp³-hybridized carbons (Fsp3) is 0.596. The number of likely N-dealkylation sites (N-methyl/N-ethyl adjacent to an activating group) is 1. The van der Waals surface area contributed by atoms with Crippen molar-refractivity contribution in [1.29, 1.82) is 0 Å². The minimum Gasteiger partial charge on any atom is -0.507 e. The van der Waals surface area contributed by atoms with Gasteiger partial charge in [0.05, 0.1) is 19.6 Å². The molecule has 0 aromatic heterocycles. The Balaban J connectivity index is 0.00000392. The van der Waals surface area contributed by atoms with Crippen LogP contribution in [0, 0.1) is 0 Å². The summed E-state index contributed by atoms with van der Waals surface area (Å²) in [5, 5.41) is 24.6. The van der Waals surface area contributed by atoms with Crippen LogP contribution in [0.3, 0.4) is 0 Å². The highest BCUT2D eigenvalue weighted by Gasteiger charge is 2.31. The predicted octanol–water partition coefficient (Wildman–Crippen LogP) is 3.98. The second-order valence-corrected chi connectivity index (χ2v) is 15.2. The molecule has 0 saturated carbocycles. The number of aromatic hydroxyl groups is 1. The minimum absolute atomic E-state index is 0.0868. The van der Waals surface area contributed by atoms with Crippen LogP contribution in [0.2, 0.25) is 0 Å². The molecule has 0 radical (unpaired) electrons. The number of phenolic OH excluding ortho intramolecular Hbond substituents is 1. The van der Waals surface area contributed by atoms with Crippen molar-refractivity contribution in [3.8, 4) is 22.6 Å². The molecular weight excluding hydrogens is 823 g/mol. The molecule has 0 aliphatic carbocycles. The third kappa shape index (κ3) is 21.7. The summed E-state index contributed by atoms with van der Waals surface area (Å²) in [6.45, 7) is 11.1. The first-order valence-corrected chi connectivity index (χ1v) is 22.8. The molecule has 358 valence electrons. The van der Waals surface area contributed by atoms with Gasteiger partial charge in [-0.1, -0.05) is 98.1 Å². The number of nitrogens with two attached hydrogens (primary N) is 1. The van der Waals surface area contributed by atoms with Crippen LogP contribution < -0.4 is 37.1 Å². The van der Waals surface area contributed by atoms with Crippen molar-refractivity contribution in [2.75, 3.05) is 59.5 Å². The highest BCUT2D eigenvalue weighted by atomic mass is 16.5. The van der Waals surface area contributed by atoms with Crippen LogP contribution in [-0.2, 0) is 44.7 Å². The van der Waals surface area contributed by atoms with Crippen LogP contribution in [0.4, 0.5) is 0 Å². The van der Waals surface area contributed by atoms with Crippen LogP contribution >= 0.6 is 0 Å². The fourth-order valence-corrected chi connectivity index (χ4v) is 6.44. The number of phenols is 1. The molecule has 4 bridgehead atoms. The van der Waals surface area contributed by atoms with Gasteiger partial charge in [-0.15, -0.1) is 0 Å². The fourth-order valence-electron chi connectivity index (χ4n) is 6.44. The first kappa shape index (κ1) is 56.5. The number of rotatable bonds is 23. The monoisotopic (exact) mass is 898 g/mol. The quantitative estimate of drug-likeness (QED) is 0.0619. The Kier molecular flexibility index (Phi) is 29.1. The van der Waals surface area contributed by atoms with Crippen LogP contribution in [0.5, 0.6) is 11.5 Å². The molecule has 0 saturated heterocycles. The van der Waals surface area contributed by atoms with Gasteiger partial charge in [0.15, 0.2) is 12.4 Å². The lowest BCUT2D eigenvalue weighted by Crippen LogP contribution is -2.52. The number of nitrogens with zero attached hydrogens (tertiary/aromatic N) is 1. The number of Topliss-reactive ketones (excluding diaryl/α,β-unsaturated/α-hetero) is 1. The number of fused-ring (bicyclic) bond motifs is 5. The highest BCUT2D eigenvalue weighted by molar-refractivity contribution is 5.95. The SMILES string of the molecule is CC.CCC.CCCCCCCCCCNCCC(=O)NCC(=O)N(C)C1C(=O)NCC(=O)NC(C(=O)NCC(=O)COC(C)=O)Cc2ccc(O)c(c2)-c2cc1ccc2OCCN. The number of carbonyl (C=O) groups excluding carboxylic acids is 7. The van der Waals surface area contributed by atoms with E-state index in [0.29, 0.717) is 29.0 Å². The molecule has 17 heteroatoms. The number of benzene rings is 2. The second kappa shape index (κ2) is 33.0. The molecule has 0 fully saturated rings. The molecule has 17 nitrogen and oxygen atoms in total. The van der Waals surface area contributed by atoms with Gasteiger partial charge < -0.3 is 51.8 Å². The summed E-state index contributed by atoms with van der Waals surface area (Å²) in [6, 6.07) is 6.74. The van der Waals surface area contributed by atoms with E-state index in [4.69, 9.17) is 10.5 Å². The largest absolute Gasteiger partial charge is 0.507 e. The third-order valence-corrected chi connectivity index (χ3v) is 9.66. The second-order valence-electron chi connectivity index (χ2n) is 15.2. The third-order valence-electron chi connectivity index (χ3n) is 9.66. The van der Waals surface area contributed by atoms with E-state index in [1.54, 1.807) is 30.3 Å². The van der Waals surface area contributed by atoms with E-state index in [0.717, 1.165) is 31.2 Å². The number of carbonyl (C=O) groups is 7. The van der Waals surface area contributed by atoms with E-state index >= 15 is 0 Å². The van der Waals surface area contributed by atoms with E-state index < -0.39 is 73.7 Å². The molecule has 2 aromatic rings. The zero-order chi connectivity index (χ0) is 47.9. The number of nitrogens with one attached hydrogen (secondary N) is 5. The molecule has 1 aliphatic heterocycles. The number of ketones is 1. The summed E-state index contributed by atoms with van der Waals surface area (Å²) in [6.07, 6.45) is 11.0. The van der Waals surface area contributed by atoms with Crippen molar-refractivity contribution < 1.29 is 48.1 Å². The zero-order valence-electron chi connectivity index (χ0n) is 39.2. The molecule has 0 spiro atoms. The van der Waals surface area contributed by atoms with Gasteiger partial charge in [-0.3, -0.25) is 33.6 Å². The van der Waals surface area contributed by atoms with Crippen molar-refractivity contribution in [2.45, 2.75) is 124 Å². The lowest BCUT2D eigenvalue weighted by atomic mass is 9.94. The first-order chi connectivity index (χ1) is 30.8. The summed E-state index contributed by atoms with van der Waals surface area (Å²) in [5.74, 6) is -4.27. The van der Waals surface area contributed by atoms with Gasteiger partial charge in [-0.2, -0.15) is 0 Å². The van der Waals surface area contributed by atoms with Crippen molar-refractivity contribution in [3.05, 3.63) is 47.5 Å². The number of unbranched alkanes of at least 4 members (excludes halogenated alkanes) is 7. The average Bonchev–Trinajstić information content (AvgIpc) is 3.28. The molecule has 2 aromatic carbocycles. The average molecular weight is 898 g/mol. The summed E-state index contributed by atoms with van der Waals surface area (Å²) in [5.41, 5.74) is 7.13. The normalized spacial score (nSPS) is 14.4. The first-order valence-electron chi connectivity index (χ1n) is 22.8. The van der Waals surface area contributed by atoms with Gasteiger partial charge in [0, 0.05) is 51.0 Å². The Labute approximate surface area is 379 Å². The molecule has 64 heavy (non-hydrogen) atoms. The lowest BCUT2D eigenvalue weighted by Gasteiger charge is -2.29. The number of hydrogen-bond acceptors (Lipinski definition) is 12. The molecule has 1 aliphatic rings. The Morgan fingerprint density at radius 1 is 0.875 bits per heavy atom. The van der Waals surface area contributed by atoms with E-state index in [-0.39, 0.29) is 43.2 Å².